The van der Waals surface area contributed by atoms with Crippen molar-refractivity contribution in [2.75, 3.05) is 0 Å². The smallest absolute Gasteiger partial charge is 0.0159 e. The lowest BCUT2D eigenvalue weighted by atomic mass is 9.63. The zero-order chi connectivity index (χ0) is 20.1. The molecule has 0 aliphatic heterocycles. The molecule has 0 amide bonds. The highest BCUT2D eigenvalue weighted by Crippen LogP contribution is 2.48. The molecule has 4 unspecified atom stereocenters. The van der Waals surface area contributed by atoms with Gasteiger partial charge in [0.2, 0.25) is 0 Å². The molecule has 2 aromatic carbocycles. The molecular formula is C29H40. The average Bonchev–Trinajstić information content (AvgIpc) is 2.77. The molecule has 2 aliphatic rings. The molecule has 4 rings (SSSR count). The molecule has 0 spiro atoms. The van der Waals surface area contributed by atoms with Crippen LogP contribution in [0.15, 0.2) is 49.1 Å². The van der Waals surface area contributed by atoms with Gasteiger partial charge in [0.25, 0.3) is 0 Å². The van der Waals surface area contributed by atoms with Crippen LogP contribution in [0.25, 0.3) is 10.8 Å². The molecule has 0 heteroatoms. The maximum Gasteiger partial charge on any atom is -0.0159 e. The molecule has 0 radical (unpaired) electrons. The second-order valence-corrected chi connectivity index (χ2v) is 9.97. The maximum absolute atomic E-state index is 3.85. The summed E-state index contributed by atoms with van der Waals surface area (Å²) in [6, 6.07) is 14.3. The fourth-order valence-corrected chi connectivity index (χ4v) is 6.23. The van der Waals surface area contributed by atoms with E-state index in [0.717, 1.165) is 36.5 Å². The first-order valence-electron chi connectivity index (χ1n) is 12.4. The second-order valence-electron chi connectivity index (χ2n) is 9.97. The minimum absolute atomic E-state index is 0.790. The van der Waals surface area contributed by atoms with Crippen LogP contribution in [0.2, 0.25) is 0 Å². The average molecular weight is 389 g/mol. The molecule has 0 N–H and O–H groups in total. The molecule has 29 heavy (non-hydrogen) atoms. The van der Waals surface area contributed by atoms with Crippen molar-refractivity contribution in [2.45, 2.75) is 89.9 Å². The zero-order valence-electron chi connectivity index (χ0n) is 18.5. The first-order valence-corrected chi connectivity index (χ1v) is 12.4. The van der Waals surface area contributed by atoms with Gasteiger partial charge in [-0.2, -0.15) is 0 Å². The number of unbranched alkanes of at least 4 members (excludes halogenated alkanes) is 2. The van der Waals surface area contributed by atoms with Gasteiger partial charge in [-0.1, -0.05) is 81.5 Å². The van der Waals surface area contributed by atoms with Crippen molar-refractivity contribution in [1.29, 1.82) is 0 Å². The van der Waals surface area contributed by atoms with Crippen molar-refractivity contribution >= 4 is 10.8 Å². The number of hydrogen-bond acceptors (Lipinski definition) is 0. The second kappa shape index (κ2) is 9.96. The predicted molar refractivity (Wildman–Crippen MR) is 128 cm³/mol. The molecule has 0 bridgehead atoms. The Balaban J connectivity index is 1.37. The molecular weight excluding hydrogens is 348 g/mol. The Morgan fingerprint density at radius 3 is 2.55 bits per heavy atom. The minimum Gasteiger partial charge on any atom is -0.103 e. The molecule has 0 saturated heterocycles. The zero-order valence-corrected chi connectivity index (χ0v) is 18.5. The predicted octanol–water partition coefficient (Wildman–Crippen LogP) is 8.84. The Morgan fingerprint density at radius 2 is 1.69 bits per heavy atom. The number of rotatable bonds is 8. The van der Waals surface area contributed by atoms with Crippen molar-refractivity contribution in [1.82, 2.24) is 0 Å². The van der Waals surface area contributed by atoms with Gasteiger partial charge in [0.15, 0.2) is 0 Å². The van der Waals surface area contributed by atoms with Gasteiger partial charge >= 0.3 is 0 Å². The number of allylic oxidation sites excluding steroid dienone is 1. The fraction of sp³-hybridized carbons (Fsp3) is 0.586. The van der Waals surface area contributed by atoms with Gasteiger partial charge in [-0.15, -0.1) is 6.58 Å². The number of benzene rings is 2. The van der Waals surface area contributed by atoms with Crippen LogP contribution in [0, 0.1) is 17.8 Å². The highest BCUT2D eigenvalue weighted by Gasteiger charge is 2.35. The quantitative estimate of drug-likeness (QED) is 0.313. The molecule has 156 valence electrons. The third-order valence-electron chi connectivity index (χ3n) is 7.97. The Morgan fingerprint density at radius 1 is 0.897 bits per heavy atom. The lowest BCUT2D eigenvalue weighted by Gasteiger charge is -2.42. The van der Waals surface area contributed by atoms with Gasteiger partial charge < -0.3 is 0 Å². The summed E-state index contributed by atoms with van der Waals surface area (Å²) in [5, 5.41) is 2.82. The molecule has 0 heterocycles. The van der Waals surface area contributed by atoms with Crippen molar-refractivity contribution < 1.29 is 0 Å². The van der Waals surface area contributed by atoms with E-state index in [4.69, 9.17) is 0 Å². The van der Waals surface area contributed by atoms with Gasteiger partial charge in [-0.3, -0.25) is 0 Å². The lowest BCUT2D eigenvalue weighted by molar-refractivity contribution is 0.113. The number of hydrogen-bond donors (Lipinski definition) is 0. The van der Waals surface area contributed by atoms with Crippen LogP contribution in [0.4, 0.5) is 0 Å². The van der Waals surface area contributed by atoms with Crippen molar-refractivity contribution in [3.8, 4) is 0 Å². The van der Waals surface area contributed by atoms with E-state index in [-0.39, 0.29) is 0 Å². The molecule has 2 saturated carbocycles. The Kier molecular flexibility index (Phi) is 7.11. The van der Waals surface area contributed by atoms with Gasteiger partial charge in [0.1, 0.15) is 0 Å². The van der Waals surface area contributed by atoms with Gasteiger partial charge in [-0.25, -0.2) is 0 Å². The molecule has 4 atom stereocenters. The molecule has 2 fully saturated rings. The van der Waals surface area contributed by atoms with Crippen LogP contribution in [0.5, 0.6) is 0 Å². The van der Waals surface area contributed by atoms with Crippen LogP contribution in [-0.2, 0) is 6.42 Å². The van der Waals surface area contributed by atoms with Crippen LogP contribution in [0.1, 0.15) is 94.6 Å². The number of fused-ring (bicyclic) bond motifs is 2. The summed E-state index contributed by atoms with van der Waals surface area (Å²) in [5.74, 6) is 3.85. The van der Waals surface area contributed by atoms with Crippen molar-refractivity contribution in [3.63, 3.8) is 0 Å². The maximum atomic E-state index is 3.85. The van der Waals surface area contributed by atoms with E-state index >= 15 is 0 Å². The van der Waals surface area contributed by atoms with E-state index in [9.17, 15) is 0 Å². The molecule has 2 aliphatic carbocycles. The summed E-state index contributed by atoms with van der Waals surface area (Å²) in [6.07, 6.45) is 18.8. The van der Waals surface area contributed by atoms with E-state index in [1.807, 2.05) is 6.08 Å². The summed E-state index contributed by atoms with van der Waals surface area (Å²) in [5.41, 5.74) is 3.03. The SMILES string of the molecule is C=CCCc1ccc2cc(C3CCC4CC(CCCCC)CCC4C3)ccc2c1. The molecule has 0 nitrogen and oxygen atoms in total. The van der Waals surface area contributed by atoms with Crippen molar-refractivity contribution in [2.24, 2.45) is 17.8 Å². The van der Waals surface area contributed by atoms with Gasteiger partial charge in [-0.05, 0) is 90.5 Å². The van der Waals surface area contributed by atoms with Crippen LogP contribution in [0.3, 0.4) is 0 Å². The third-order valence-corrected chi connectivity index (χ3v) is 7.97. The highest BCUT2D eigenvalue weighted by atomic mass is 14.4. The van der Waals surface area contributed by atoms with E-state index in [1.54, 1.807) is 5.56 Å². The van der Waals surface area contributed by atoms with E-state index in [2.05, 4.69) is 49.9 Å². The largest absolute Gasteiger partial charge is 0.103 e. The summed E-state index contributed by atoms with van der Waals surface area (Å²) in [7, 11) is 0. The fourth-order valence-electron chi connectivity index (χ4n) is 6.23. The summed E-state index contributed by atoms with van der Waals surface area (Å²) >= 11 is 0. The standard InChI is InChI=1S/C29H40/c1-3-5-7-9-23-11-13-27-21-29(17-15-25(27)19-23)28-16-14-24-18-22(8-6-4-2)10-12-26(24)20-28/h4,10,12,14,16,18,20,23,25,27,29H,2-3,5-9,11,13,15,17,19,21H2,1H3. The van der Waals surface area contributed by atoms with Gasteiger partial charge in [0.05, 0.1) is 0 Å². The van der Waals surface area contributed by atoms with E-state index in [0.29, 0.717) is 0 Å². The first kappa shape index (κ1) is 20.7. The number of aryl methyl sites for hydroxylation is 1. The van der Waals surface area contributed by atoms with E-state index < -0.39 is 0 Å². The van der Waals surface area contributed by atoms with Crippen LogP contribution < -0.4 is 0 Å². The summed E-state index contributed by atoms with van der Waals surface area (Å²) in [6.45, 7) is 6.18. The molecule has 2 aromatic rings. The van der Waals surface area contributed by atoms with Gasteiger partial charge in [0, 0.05) is 0 Å². The Hall–Kier alpha value is -1.56. The van der Waals surface area contributed by atoms with Crippen LogP contribution >= 0.6 is 0 Å². The van der Waals surface area contributed by atoms with Crippen LogP contribution in [-0.4, -0.2) is 0 Å². The third kappa shape index (κ3) is 5.14. The summed E-state index contributed by atoms with van der Waals surface area (Å²) in [4.78, 5) is 0. The topological polar surface area (TPSA) is 0 Å². The lowest BCUT2D eigenvalue weighted by Crippen LogP contribution is -2.30. The normalized spacial score (nSPS) is 26.9. The Labute approximate surface area is 178 Å². The highest BCUT2D eigenvalue weighted by molar-refractivity contribution is 5.84. The molecule has 0 aromatic heterocycles. The first-order chi connectivity index (χ1) is 14.3. The monoisotopic (exact) mass is 388 g/mol. The van der Waals surface area contributed by atoms with Crippen molar-refractivity contribution in [3.05, 3.63) is 60.2 Å². The van der Waals surface area contributed by atoms with E-state index in [1.165, 1.54) is 80.5 Å². The Bertz CT molecular complexity index is 801. The summed E-state index contributed by atoms with van der Waals surface area (Å²) < 4.78 is 0. The minimum atomic E-state index is 0.790.